The molecule has 5 nitrogen and oxygen atoms in total. The fourth-order valence-corrected chi connectivity index (χ4v) is 3.44. The highest BCUT2D eigenvalue weighted by molar-refractivity contribution is 7.88. The Bertz CT molecular complexity index is 337. The summed E-state index contributed by atoms with van der Waals surface area (Å²) in [5.41, 5.74) is 0. The van der Waals surface area contributed by atoms with Gasteiger partial charge in [0.25, 0.3) is 0 Å². The lowest BCUT2D eigenvalue weighted by Crippen LogP contribution is -2.56. The van der Waals surface area contributed by atoms with E-state index in [0.29, 0.717) is 25.2 Å². The van der Waals surface area contributed by atoms with Crippen LogP contribution in [0.2, 0.25) is 0 Å². The average molecular weight is 277 g/mol. The Morgan fingerprint density at radius 2 is 1.72 bits per heavy atom. The Kier molecular flexibility index (Phi) is 6.04. The lowest BCUT2D eigenvalue weighted by Gasteiger charge is -2.40. The van der Waals surface area contributed by atoms with Crippen molar-refractivity contribution in [1.29, 1.82) is 0 Å². The molecule has 108 valence electrons. The Morgan fingerprint density at radius 3 is 2.11 bits per heavy atom. The first kappa shape index (κ1) is 15.9. The molecule has 1 fully saturated rings. The van der Waals surface area contributed by atoms with Gasteiger partial charge in [0.2, 0.25) is 10.0 Å². The van der Waals surface area contributed by atoms with Crippen molar-refractivity contribution in [2.45, 2.75) is 39.3 Å². The van der Waals surface area contributed by atoms with Gasteiger partial charge in [0, 0.05) is 38.3 Å². The molecule has 2 unspecified atom stereocenters. The fraction of sp³-hybridized carbons (Fsp3) is 1.00. The first-order valence-electron chi connectivity index (χ1n) is 6.82. The van der Waals surface area contributed by atoms with Crippen LogP contribution in [0, 0.1) is 0 Å². The monoisotopic (exact) mass is 277 g/mol. The third-order valence-electron chi connectivity index (χ3n) is 3.81. The molecule has 0 aromatic carbocycles. The molecule has 0 saturated carbocycles. The molecule has 1 N–H and O–H groups in total. The number of hydrogen-bond acceptors (Lipinski definition) is 4. The van der Waals surface area contributed by atoms with Crippen molar-refractivity contribution in [3.05, 3.63) is 0 Å². The lowest BCUT2D eigenvalue weighted by molar-refractivity contribution is 0.119. The van der Waals surface area contributed by atoms with E-state index in [1.54, 1.807) is 4.31 Å². The second kappa shape index (κ2) is 6.84. The van der Waals surface area contributed by atoms with Gasteiger partial charge in [0.05, 0.1) is 6.26 Å². The zero-order valence-electron chi connectivity index (χ0n) is 12.0. The number of piperazine rings is 1. The number of hydrogen-bond donors (Lipinski definition) is 1. The van der Waals surface area contributed by atoms with Crippen LogP contribution in [0.15, 0.2) is 0 Å². The second-order valence-electron chi connectivity index (χ2n) is 5.01. The molecule has 0 aromatic heterocycles. The predicted octanol–water partition coefficient (Wildman–Crippen LogP) is 0.340. The SMILES string of the molecule is CCNC(CC)C(C)N1CCN(S(C)(=O)=O)CC1. The Hall–Kier alpha value is -0.170. The van der Waals surface area contributed by atoms with Gasteiger partial charge >= 0.3 is 0 Å². The Labute approximate surface area is 112 Å². The van der Waals surface area contributed by atoms with Crippen LogP contribution < -0.4 is 5.32 Å². The maximum atomic E-state index is 11.5. The van der Waals surface area contributed by atoms with E-state index in [-0.39, 0.29) is 0 Å². The topological polar surface area (TPSA) is 52.6 Å². The van der Waals surface area contributed by atoms with Gasteiger partial charge in [-0.2, -0.15) is 4.31 Å². The first-order valence-corrected chi connectivity index (χ1v) is 8.67. The molecule has 1 aliphatic rings. The molecule has 1 aliphatic heterocycles. The summed E-state index contributed by atoms with van der Waals surface area (Å²) in [6.07, 6.45) is 2.39. The van der Waals surface area contributed by atoms with E-state index in [1.165, 1.54) is 6.26 Å². The largest absolute Gasteiger partial charge is 0.313 e. The second-order valence-corrected chi connectivity index (χ2v) is 6.99. The average Bonchev–Trinajstić information content (AvgIpc) is 2.34. The highest BCUT2D eigenvalue weighted by atomic mass is 32.2. The number of rotatable bonds is 6. The molecule has 0 amide bonds. The summed E-state index contributed by atoms with van der Waals surface area (Å²) in [7, 11) is -3.02. The van der Waals surface area contributed by atoms with Crippen LogP contribution in [0.1, 0.15) is 27.2 Å². The van der Waals surface area contributed by atoms with Crippen LogP contribution in [0.25, 0.3) is 0 Å². The van der Waals surface area contributed by atoms with Gasteiger partial charge in [-0.3, -0.25) is 4.90 Å². The lowest BCUT2D eigenvalue weighted by atomic mass is 10.1. The van der Waals surface area contributed by atoms with Crippen molar-refractivity contribution >= 4 is 10.0 Å². The summed E-state index contributed by atoms with van der Waals surface area (Å²) >= 11 is 0. The van der Waals surface area contributed by atoms with Crippen molar-refractivity contribution in [1.82, 2.24) is 14.5 Å². The van der Waals surface area contributed by atoms with Crippen molar-refractivity contribution in [2.75, 3.05) is 39.0 Å². The molecule has 0 spiro atoms. The molecule has 2 atom stereocenters. The van der Waals surface area contributed by atoms with Crippen LogP contribution in [-0.2, 0) is 10.0 Å². The molecule has 18 heavy (non-hydrogen) atoms. The minimum atomic E-state index is -3.02. The molecule has 1 heterocycles. The van der Waals surface area contributed by atoms with Crippen molar-refractivity contribution < 1.29 is 8.42 Å². The summed E-state index contributed by atoms with van der Waals surface area (Å²) in [4.78, 5) is 2.39. The Morgan fingerprint density at radius 1 is 1.17 bits per heavy atom. The summed E-state index contributed by atoms with van der Waals surface area (Å²) in [6.45, 7) is 10.4. The van der Waals surface area contributed by atoms with Gasteiger partial charge in [-0.1, -0.05) is 13.8 Å². The van der Waals surface area contributed by atoms with E-state index in [1.807, 2.05) is 0 Å². The number of nitrogens with one attached hydrogen (secondary N) is 1. The number of likely N-dealkylation sites (N-methyl/N-ethyl adjacent to an activating group) is 1. The van der Waals surface area contributed by atoms with Crippen LogP contribution in [0.5, 0.6) is 0 Å². The quantitative estimate of drug-likeness (QED) is 0.761. The molecular formula is C12H27N3O2S. The van der Waals surface area contributed by atoms with Crippen LogP contribution >= 0.6 is 0 Å². The minimum absolute atomic E-state index is 0.455. The number of nitrogens with zero attached hydrogens (tertiary/aromatic N) is 2. The van der Waals surface area contributed by atoms with Gasteiger partial charge in [-0.05, 0) is 19.9 Å². The highest BCUT2D eigenvalue weighted by Gasteiger charge is 2.28. The van der Waals surface area contributed by atoms with E-state index in [0.717, 1.165) is 26.1 Å². The molecule has 0 radical (unpaired) electrons. The third kappa shape index (κ3) is 4.19. The van der Waals surface area contributed by atoms with E-state index < -0.39 is 10.0 Å². The van der Waals surface area contributed by atoms with Crippen LogP contribution in [-0.4, -0.2) is 68.7 Å². The zero-order valence-corrected chi connectivity index (χ0v) is 12.8. The Balaban J connectivity index is 2.51. The molecule has 1 saturated heterocycles. The van der Waals surface area contributed by atoms with Gasteiger partial charge in [0.15, 0.2) is 0 Å². The first-order chi connectivity index (χ1) is 8.40. The summed E-state index contributed by atoms with van der Waals surface area (Å²) in [5, 5.41) is 3.50. The maximum absolute atomic E-state index is 11.5. The maximum Gasteiger partial charge on any atom is 0.211 e. The normalized spacial score (nSPS) is 22.9. The third-order valence-corrected chi connectivity index (χ3v) is 5.11. The van der Waals surface area contributed by atoms with Crippen molar-refractivity contribution in [2.24, 2.45) is 0 Å². The van der Waals surface area contributed by atoms with Gasteiger partial charge in [-0.15, -0.1) is 0 Å². The summed E-state index contributed by atoms with van der Waals surface area (Å²) in [6, 6.07) is 0.941. The van der Waals surface area contributed by atoms with Crippen LogP contribution in [0.3, 0.4) is 0 Å². The smallest absolute Gasteiger partial charge is 0.211 e. The standard InChI is InChI=1S/C12H27N3O2S/c1-5-12(13-6-2)11(3)14-7-9-15(10-8-14)18(4,16)17/h11-13H,5-10H2,1-4H3. The molecule has 0 aliphatic carbocycles. The van der Waals surface area contributed by atoms with E-state index >= 15 is 0 Å². The van der Waals surface area contributed by atoms with Crippen LogP contribution in [0.4, 0.5) is 0 Å². The van der Waals surface area contributed by atoms with Crippen molar-refractivity contribution in [3.63, 3.8) is 0 Å². The molecular weight excluding hydrogens is 250 g/mol. The molecule has 0 aromatic rings. The minimum Gasteiger partial charge on any atom is -0.313 e. The number of sulfonamides is 1. The molecule has 6 heteroatoms. The highest BCUT2D eigenvalue weighted by Crippen LogP contribution is 2.13. The van der Waals surface area contributed by atoms with Crippen molar-refractivity contribution in [3.8, 4) is 0 Å². The van der Waals surface area contributed by atoms with Gasteiger partial charge in [-0.25, -0.2) is 8.42 Å². The summed E-state index contributed by atoms with van der Waals surface area (Å²) < 4.78 is 24.5. The molecule has 1 rings (SSSR count). The van der Waals surface area contributed by atoms with Gasteiger partial charge in [0.1, 0.15) is 0 Å². The van der Waals surface area contributed by atoms with E-state index in [2.05, 4.69) is 31.0 Å². The summed E-state index contributed by atoms with van der Waals surface area (Å²) in [5.74, 6) is 0. The van der Waals surface area contributed by atoms with Gasteiger partial charge < -0.3 is 5.32 Å². The zero-order chi connectivity index (χ0) is 13.8. The van der Waals surface area contributed by atoms with E-state index in [4.69, 9.17) is 0 Å². The predicted molar refractivity (Wildman–Crippen MR) is 75.2 cm³/mol. The fourth-order valence-electron chi connectivity index (χ4n) is 2.62. The van der Waals surface area contributed by atoms with E-state index in [9.17, 15) is 8.42 Å². The molecule has 0 bridgehead atoms.